The predicted octanol–water partition coefficient (Wildman–Crippen LogP) is 4.22. The van der Waals surface area contributed by atoms with Crippen molar-refractivity contribution in [2.45, 2.75) is 25.9 Å². The molecular weight excluding hydrogens is 302 g/mol. The highest BCUT2D eigenvalue weighted by Gasteiger charge is 2.01. The molecular formula is C20H19NO3. The lowest BCUT2D eigenvalue weighted by Gasteiger charge is -2.08. The smallest absolute Gasteiger partial charge is 0.303 e. The van der Waals surface area contributed by atoms with Gasteiger partial charge in [0.15, 0.2) is 0 Å². The summed E-state index contributed by atoms with van der Waals surface area (Å²) in [5, 5.41) is 9.76. The van der Waals surface area contributed by atoms with Gasteiger partial charge in [-0.2, -0.15) is 0 Å². The summed E-state index contributed by atoms with van der Waals surface area (Å²) in [5.41, 5.74) is 3.13. The fraction of sp³-hybridized carbons (Fsp3) is 0.200. The van der Waals surface area contributed by atoms with Crippen LogP contribution in [0.1, 0.15) is 24.0 Å². The molecule has 3 aromatic rings. The van der Waals surface area contributed by atoms with Gasteiger partial charge in [-0.25, -0.2) is 0 Å². The van der Waals surface area contributed by atoms with Crippen molar-refractivity contribution in [1.82, 2.24) is 4.98 Å². The number of hydrogen-bond donors (Lipinski definition) is 1. The molecule has 0 radical (unpaired) electrons. The van der Waals surface area contributed by atoms with Gasteiger partial charge in [0.25, 0.3) is 0 Å². The number of benzene rings is 2. The fourth-order valence-corrected chi connectivity index (χ4v) is 2.56. The molecule has 0 bridgehead atoms. The monoisotopic (exact) mass is 321 g/mol. The third kappa shape index (κ3) is 4.32. The summed E-state index contributed by atoms with van der Waals surface area (Å²) in [6, 6.07) is 17.9. The molecule has 24 heavy (non-hydrogen) atoms. The van der Waals surface area contributed by atoms with Crippen LogP contribution in [-0.4, -0.2) is 16.1 Å². The molecule has 0 spiro atoms. The normalized spacial score (nSPS) is 10.7. The Bertz CT molecular complexity index is 828. The molecule has 4 nitrogen and oxygen atoms in total. The predicted molar refractivity (Wildman–Crippen MR) is 93.1 cm³/mol. The van der Waals surface area contributed by atoms with E-state index in [4.69, 9.17) is 9.84 Å². The Morgan fingerprint density at radius 3 is 2.62 bits per heavy atom. The molecule has 2 aromatic carbocycles. The Labute approximate surface area is 140 Å². The lowest BCUT2D eigenvalue weighted by molar-refractivity contribution is -0.137. The van der Waals surface area contributed by atoms with E-state index in [1.807, 2.05) is 54.7 Å². The van der Waals surface area contributed by atoms with Crippen molar-refractivity contribution in [3.05, 3.63) is 71.9 Å². The van der Waals surface area contributed by atoms with Crippen molar-refractivity contribution in [1.29, 1.82) is 0 Å². The maximum absolute atomic E-state index is 10.5. The molecule has 122 valence electrons. The van der Waals surface area contributed by atoms with Gasteiger partial charge >= 0.3 is 5.97 Å². The fourth-order valence-electron chi connectivity index (χ4n) is 2.56. The summed E-state index contributed by atoms with van der Waals surface area (Å²) in [6.07, 6.45) is 3.45. The average molecular weight is 321 g/mol. The minimum atomic E-state index is -0.751. The molecule has 0 aliphatic rings. The van der Waals surface area contributed by atoms with Gasteiger partial charge in [-0.1, -0.05) is 30.3 Å². The number of hydrogen-bond acceptors (Lipinski definition) is 3. The highest BCUT2D eigenvalue weighted by Crippen LogP contribution is 2.17. The lowest BCUT2D eigenvalue weighted by atomic mass is 10.1. The summed E-state index contributed by atoms with van der Waals surface area (Å²) in [6.45, 7) is 0.468. The van der Waals surface area contributed by atoms with E-state index in [0.717, 1.165) is 34.2 Å². The van der Waals surface area contributed by atoms with E-state index >= 15 is 0 Å². The zero-order chi connectivity index (χ0) is 16.8. The molecule has 0 atom stereocenters. The van der Waals surface area contributed by atoms with Gasteiger partial charge in [0.2, 0.25) is 0 Å². The first-order chi connectivity index (χ1) is 11.7. The van der Waals surface area contributed by atoms with E-state index in [2.05, 4.69) is 11.1 Å². The number of aromatic nitrogens is 1. The molecule has 3 rings (SSSR count). The van der Waals surface area contributed by atoms with Crippen molar-refractivity contribution in [2.75, 3.05) is 0 Å². The van der Waals surface area contributed by atoms with E-state index in [-0.39, 0.29) is 6.42 Å². The topological polar surface area (TPSA) is 59.4 Å². The third-order valence-electron chi connectivity index (χ3n) is 3.83. The van der Waals surface area contributed by atoms with Crippen LogP contribution in [0.2, 0.25) is 0 Å². The van der Waals surface area contributed by atoms with Crippen LogP contribution >= 0.6 is 0 Å². The van der Waals surface area contributed by atoms with Gasteiger partial charge in [-0.15, -0.1) is 0 Å². The molecule has 0 aliphatic carbocycles. The number of para-hydroxylation sites is 1. The van der Waals surface area contributed by atoms with E-state index in [9.17, 15) is 4.79 Å². The quantitative estimate of drug-likeness (QED) is 0.708. The van der Waals surface area contributed by atoms with E-state index < -0.39 is 5.97 Å². The molecule has 4 heteroatoms. The van der Waals surface area contributed by atoms with E-state index in [0.29, 0.717) is 13.0 Å². The summed E-state index contributed by atoms with van der Waals surface area (Å²) in [5.74, 6) is 0.0455. The number of rotatable bonds is 7. The highest BCUT2D eigenvalue weighted by atomic mass is 16.5. The summed E-state index contributed by atoms with van der Waals surface area (Å²) in [4.78, 5) is 14.9. The van der Waals surface area contributed by atoms with Crippen LogP contribution < -0.4 is 4.74 Å². The second kappa shape index (κ2) is 7.59. The molecule has 0 aliphatic heterocycles. The van der Waals surface area contributed by atoms with Crippen LogP contribution in [0.15, 0.2) is 60.8 Å². The zero-order valence-electron chi connectivity index (χ0n) is 13.3. The van der Waals surface area contributed by atoms with E-state index in [1.165, 1.54) is 0 Å². The maximum Gasteiger partial charge on any atom is 0.303 e. The molecule has 0 unspecified atom stereocenters. The van der Waals surface area contributed by atoms with Gasteiger partial charge in [0.1, 0.15) is 12.4 Å². The summed E-state index contributed by atoms with van der Waals surface area (Å²) >= 11 is 0. The van der Waals surface area contributed by atoms with Gasteiger partial charge in [-0.3, -0.25) is 9.78 Å². The van der Waals surface area contributed by atoms with Gasteiger partial charge < -0.3 is 9.84 Å². The van der Waals surface area contributed by atoms with Gasteiger partial charge in [0, 0.05) is 23.6 Å². The van der Waals surface area contributed by atoms with Gasteiger partial charge in [-0.05, 0) is 42.7 Å². The highest BCUT2D eigenvalue weighted by molar-refractivity contribution is 5.78. The molecule has 1 N–H and O–H groups in total. The standard InChI is InChI=1S/C20H19NO3/c22-20(23)7-3-4-15-8-10-18(11-9-15)24-14-16-12-17-5-1-2-6-19(17)21-13-16/h1-2,5-6,8-13H,3-4,7,14H2,(H,22,23). The number of aliphatic carboxylic acids is 1. The van der Waals surface area contributed by atoms with Crippen molar-refractivity contribution >= 4 is 16.9 Å². The van der Waals surface area contributed by atoms with Gasteiger partial charge in [0.05, 0.1) is 5.52 Å². The largest absolute Gasteiger partial charge is 0.489 e. The second-order valence-corrected chi connectivity index (χ2v) is 5.72. The van der Waals surface area contributed by atoms with Crippen molar-refractivity contribution < 1.29 is 14.6 Å². The Kier molecular flexibility index (Phi) is 5.06. The molecule has 1 heterocycles. The first kappa shape index (κ1) is 16.0. The Balaban J connectivity index is 1.56. The molecule has 0 saturated carbocycles. The number of carboxylic acid groups (broad SMARTS) is 1. The molecule has 0 amide bonds. The van der Waals surface area contributed by atoms with Crippen LogP contribution in [0, 0.1) is 0 Å². The van der Waals surface area contributed by atoms with Crippen LogP contribution in [-0.2, 0) is 17.8 Å². The molecule has 1 aromatic heterocycles. The second-order valence-electron chi connectivity index (χ2n) is 5.72. The number of fused-ring (bicyclic) bond motifs is 1. The Morgan fingerprint density at radius 1 is 1.04 bits per heavy atom. The maximum atomic E-state index is 10.5. The number of nitrogens with zero attached hydrogens (tertiary/aromatic N) is 1. The van der Waals surface area contributed by atoms with Crippen LogP contribution in [0.3, 0.4) is 0 Å². The number of ether oxygens (including phenoxy) is 1. The zero-order valence-corrected chi connectivity index (χ0v) is 13.3. The number of aryl methyl sites for hydroxylation is 1. The SMILES string of the molecule is O=C(O)CCCc1ccc(OCc2cnc3ccccc3c2)cc1. The third-order valence-corrected chi connectivity index (χ3v) is 3.83. The number of carboxylic acids is 1. The van der Waals surface area contributed by atoms with Crippen LogP contribution in [0.5, 0.6) is 5.75 Å². The van der Waals surface area contributed by atoms with Crippen molar-refractivity contribution in [3.63, 3.8) is 0 Å². The molecule has 0 fully saturated rings. The van der Waals surface area contributed by atoms with Crippen LogP contribution in [0.25, 0.3) is 10.9 Å². The molecule has 0 saturated heterocycles. The Hall–Kier alpha value is -2.88. The average Bonchev–Trinajstić information content (AvgIpc) is 2.60. The summed E-state index contributed by atoms with van der Waals surface area (Å²) in [7, 11) is 0. The van der Waals surface area contributed by atoms with Crippen molar-refractivity contribution in [2.24, 2.45) is 0 Å². The minimum Gasteiger partial charge on any atom is -0.489 e. The first-order valence-corrected chi connectivity index (χ1v) is 7.98. The minimum absolute atomic E-state index is 0.202. The number of pyridine rings is 1. The number of carbonyl (C=O) groups is 1. The van der Waals surface area contributed by atoms with E-state index in [1.54, 1.807) is 0 Å². The first-order valence-electron chi connectivity index (χ1n) is 7.98. The van der Waals surface area contributed by atoms with Crippen molar-refractivity contribution in [3.8, 4) is 5.75 Å². The summed E-state index contributed by atoms with van der Waals surface area (Å²) < 4.78 is 5.80. The lowest BCUT2D eigenvalue weighted by Crippen LogP contribution is -1.97. The van der Waals surface area contributed by atoms with Crippen LogP contribution in [0.4, 0.5) is 0 Å². The Morgan fingerprint density at radius 2 is 1.83 bits per heavy atom.